The van der Waals surface area contributed by atoms with Crippen molar-refractivity contribution in [1.82, 2.24) is 0 Å². The van der Waals surface area contributed by atoms with Gasteiger partial charge in [0.2, 0.25) is 0 Å². The zero-order valence-corrected chi connectivity index (χ0v) is 8.10. The van der Waals surface area contributed by atoms with Gasteiger partial charge in [0.1, 0.15) is 18.1 Å². The van der Waals surface area contributed by atoms with Crippen LogP contribution in [0.3, 0.4) is 0 Å². The van der Waals surface area contributed by atoms with Gasteiger partial charge in [-0.25, -0.2) is 0 Å². The molecule has 0 fully saturated rings. The molecule has 4 heteroatoms. The molecule has 0 unspecified atom stereocenters. The van der Waals surface area contributed by atoms with E-state index in [0.717, 1.165) is 16.2 Å². The van der Waals surface area contributed by atoms with Gasteiger partial charge >= 0.3 is 0 Å². The minimum Gasteiger partial charge on any atom is -0.507 e. The Bertz CT molecular complexity index is 341. The first-order chi connectivity index (χ1) is 6.24. The van der Waals surface area contributed by atoms with Gasteiger partial charge in [-0.15, -0.1) is 11.8 Å². The van der Waals surface area contributed by atoms with Gasteiger partial charge in [-0.3, -0.25) is 0 Å². The van der Waals surface area contributed by atoms with Gasteiger partial charge in [0.05, 0.1) is 11.6 Å². The summed E-state index contributed by atoms with van der Waals surface area (Å²) in [5, 5.41) is 9.55. The standard InChI is InChI=1S/C9H11NO2S/c1-13-7-3-2-6(11)8-5(10)4-12-9(7)8/h2-3,5,11H,4,10H2,1H3/t5-/m1/s1. The summed E-state index contributed by atoms with van der Waals surface area (Å²) in [5.41, 5.74) is 6.52. The molecule has 3 N–H and O–H groups in total. The molecule has 0 aromatic heterocycles. The van der Waals surface area contributed by atoms with Crippen molar-refractivity contribution in [2.24, 2.45) is 5.73 Å². The van der Waals surface area contributed by atoms with Gasteiger partial charge in [-0.2, -0.15) is 0 Å². The van der Waals surface area contributed by atoms with E-state index in [2.05, 4.69) is 0 Å². The van der Waals surface area contributed by atoms with Gasteiger partial charge in [0, 0.05) is 4.90 Å². The molecule has 0 amide bonds. The summed E-state index contributed by atoms with van der Waals surface area (Å²) in [6, 6.07) is 3.32. The number of thioether (sulfide) groups is 1. The smallest absolute Gasteiger partial charge is 0.141 e. The number of phenols is 1. The second kappa shape index (κ2) is 3.12. The van der Waals surface area contributed by atoms with Gasteiger partial charge in [-0.05, 0) is 18.4 Å². The predicted molar refractivity (Wildman–Crippen MR) is 52.3 cm³/mol. The van der Waals surface area contributed by atoms with Gasteiger partial charge in [-0.1, -0.05) is 0 Å². The number of benzene rings is 1. The Morgan fingerprint density at radius 1 is 1.62 bits per heavy atom. The molecule has 0 bridgehead atoms. The molecule has 1 aliphatic heterocycles. The zero-order chi connectivity index (χ0) is 9.42. The van der Waals surface area contributed by atoms with Crippen LogP contribution in [0, 0.1) is 0 Å². The molecule has 1 heterocycles. The van der Waals surface area contributed by atoms with Crippen LogP contribution in [0.15, 0.2) is 17.0 Å². The van der Waals surface area contributed by atoms with Crippen LogP contribution in [-0.4, -0.2) is 18.0 Å². The predicted octanol–water partition coefficient (Wildman–Crippen LogP) is 1.51. The maximum absolute atomic E-state index is 9.55. The Hall–Kier alpha value is -0.870. The first-order valence-electron chi connectivity index (χ1n) is 4.02. The van der Waals surface area contributed by atoms with Crippen LogP contribution < -0.4 is 10.5 Å². The molecule has 0 saturated carbocycles. The molecule has 1 atom stereocenters. The van der Waals surface area contributed by atoms with Crippen LogP contribution in [0.5, 0.6) is 11.5 Å². The molecule has 2 rings (SSSR count). The number of hydrogen-bond acceptors (Lipinski definition) is 4. The molecule has 0 aliphatic carbocycles. The van der Waals surface area contributed by atoms with Crippen LogP contribution >= 0.6 is 11.8 Å². The Labute approximate surface area is 80.9 Å². The van der Waals surface area contributed by atoms with Crippen molar-refractivity contribution < 1.29 is 9.84 Å². The van der Waals surface area contributed by atoms with E-state index in [1.54, 1.807) is 17.8 Å². The molecule has 1 aromatic rings. The van der Waals surface area contributed by atoms with E-state index in [-0.39, 0.29) is 11.8 Å². The topological polar surface area (TPSA) is 55.5 Å². The molecule has 0 saturated heterocycles. The summed E-state index contributed by atoms with van der Waals surface area (Å²) in [5.74, 6) is 0.984. The molecule has 1 aliphatic rings. The molecular weight excluding hydrogens is 186 g/mol. The van der Waals surface area contributed by atoms with Crippen LogP contribution in [0.25, 0.3) is 0 Å². The van der Waals surface area contributed by atoms with Gasteiger partial charge in [0.15, 0.2) is 0 Å². The van der Waals surface area contributed by atoms with Crippen molar-refractivity contribution in [3.05, 3.63) is 17.7 Å². The van der Waals surface area contributed by atoms with Crippen molar-refractivity contribution in [2.45, 2.75) is 10.9 Å². The lowest BCUT2D eigenvalue weighted by Crippen LogP contribution is -2.10. The fourth-order valence-electron chi connectivity index (χ4n) is 1.49. The summed E-state index contributed by atoms with van der Waals surface area (Å²) in [6.45, 7) is 0.459. The summed E-state index contributed by atoms with van der Waals surface area (Å²) < 4.78 is 5.41. The number of phenolic OH excluding ortho intramolecular Hbond substituents is 1. The van der Waals surface area contributed by atoms with E-state index in [0.29, 0.717) is 6.61 Å². The molecule has 1 aromatic carbocycles. The van der Waals surface area contributed by atoms with Crippen LogP contribution in [0.4, 0.5) is 0 Å². The van der Waals surface area contributed by atoms with Crippen LogP contribution in [0.2, 0.25) is 0 Å². The van der Waals surface area contributed by atoms with Crippen molar-refractivity contribution >= 4 is 11.8 Å². The van der Waals surface area contributed by atoms with Crippen molar-refractivity contribution in [1.29, 1.82) is 0 Å². The largest absolute Gasteiger partial charge is 0.507 e. The van der Waals surface area contributed by atoms with Gasteiger partial charge < -0.3 is 15.6 Å². The monoisotopic (exact) mass is 197 g/mol. The van der Waals surface area contributed by atoms with Crippen molar-refractivity contribution in [3.63, 3.8) is 0 Å². The lowest BCUT2D eigenvalue weighted by Gasteiger charge is -2.06. The van der Waals surface area contributed by atoms with Gasteiger partial charge in [0.25, 0.3) is 0 Å². The highest BCUT2D eigenvalue weighted by Crippen LogP contribution is 2.43. The minimum atomic E-state index is -0.193. The highest BCUT2D eigenvalue weighted by atomic mass is 32.2. The number of ether oxygens (including phenoxy) is 1. The van der Waals surface area contributed by atoms with Crippen molar-refractivity contribution in [3.8, 4) is 11.5 Å². The highest BCUT2D eigenvalue weighted by molar-refractivity contribution is 7.98. The number of fused-ring (bicyclic) bond motifs is 1. The number of hydrogen-bond donors (Lipinski definition) is 2. The van der Waals surface area contributed by atoms with Crippen LogP contribution in [-0.2, 0) is 0 Å². The number of rotatable bonds is 1. The normalized spacial score (nSPS) is 19.7. The minimum absolute atomic E-state index is 0.193. The third-order valence-corrected chi connectivity index (χ3v) is 2.90. The summed E-state index contributed by atoms with van der Waals surface area (Å²) in [7, 11) is 0. The lowest BCUT2D eigenvalue weighted by molar-refractivity contribution is 0.327. The molecule has 0 spiro atoms. The number of aromatic hydroxyl groups is 1. The maximum Gasteiger partial charge on any atom is 0.141 e. The number of nitrogens with two attached hydrogens (primary N) is 1. The maximum atomic E-state index is 9.55. The van der Waals surface area contributed by atoms with E-state index in [9.17, 15) is 5.11 Å². The molecule has 70 valence electrons. The van der Waals surface area contributed by atoms with E-state index < -0.39 is 0 Å². The zero-order valence-electron chi connectivity index (χ0n) is 7.28. The molecule has 0 radical (unpaired) electrons. The molecular formula is C9H11NO2S. The van der Waals surface area contributed by atoms with E-state index in [1.165, 1.54) is 0 Å². The van der Waals surface area contributed by atoms with E-state index in [4.69, 9.17) is 10.5 Å². The summed E-state index contributed by atoms with van der Waals surface area (Å²) >= 11 is 1.59. The fourth-order valence-corrected chi connectivity index (χ4v) is 2.05. The Kier molecular flexibility index (Phi) is 2.09. The average Bonchev–Trinajstić information content (AvgIpc) is 2.50. The second-order valence-corrected chi connectivity index (χ2v) is 3.80. The molecule has 3 nitrogen and oxygen atoms in total. The Morgan fingerprint density at radius 2 is 2.38 bits per heavy atom. The van der Waals surface area contributed by atoms with Crippen molar-refractivity contribution in [2.75, 3.05) is 12.9 Å². The van der Waals surface area contributed by atoms with E-state index >= 15 is 0 Å². The Balaban J connectivity index is 2.59. The quantitative estimate of drug-likeness (QED) is 0.670. The van der Waals surface area contributed by atoms with Crippen LogP contribution in [0.1, 0.15) is 11.6 Å². The van der Waals surface area contributed by atoms with E-state index in [1.807, 2.05) is 12.3 Å². The first kappa shape index (κ1) is 8.72. The third-order valence-electron chi connectivity index (χ3n) is 2.13. The summed E-state index contributed by atoms with van der Waals surface area (Å²) in [6.07, 6.45) is 1.97. The summed E-state index contributed by atoms with van der Waals surface area (Å²) in [4.78, 5) is 1.03. The third kappa shape index (κ3) is 1.26. The first-order valence-corrected chi connectivity index (χ1v) is 5.24. The Morgan fingerprint density at radius 3 is 3.08 bits per heavy atom. The molecule has 13 heavy (non-hydrogen) atoms. The highest BCUT2D eigenvalue weighted by Gasteiger charge is 2.26. The average molecular weight is 197 g/mol. The lowest BCUT2D eigenvalue weighted by atomic mass is 10.1. The second-order valence-electron chi connectivity index (χ2n) is 2.95. The SMILES string of the molecule is CSc1ccc(O)c2c1OC[C@H]2N. The fraction of sp³-hybridized carbons (Fsp3) is 0.333.